The van der Waals surface area contributed by atoms with Gasteiger partial charge >= 0.3 is 0 Å². The van der Waals surface area contributed by atoms with Gasteiger partial charge in [0.2, 0.25) is 0 Å². The van der Waals surface area contributed by atoms with Crippen molar-refractivity contribution in [1.82, 2.24) is 10.4 Å². The van der Waals surface area contributed by atoms with Crippen molar-refractivity contribution in [2.24, 2.45) is 11.8 Å². The van der Waals surface area contributed by atoms with Crippen molar-refractivity contribution in [2.75, 3.05) is 6.61 Å². The first-order chi connectivity index (χ1) is 10.3. The van der Waals surface area contributed by atoms with Gasteiger partial charge < -0.3 is 4.74 Å². The molecule has 1 unspecified atom stereocenters. The maximum absolute atomic E-state index is 5.81. The second-order valence-electron chi connectivity index (χ2n) is 5.79. The lowest BCUT2D eigenvalue weighted by Gasteiger charge is -2.37. The largest absolute Gasteiger partial charge is 0.378 e. The Morgan fingerprint density at radius 3 is 2.95 bits per heavy atom. The minimum Gasteiger partial charge on any atom is -0.378 e. The van der Waals surface area contributed by atoms with Gasteiger partial charge in [0.25, 0.3) is 0 Å². The molecule has 1 fully saturated rings. The third kappa shape index (κ3) is 3.07. The lowest BCUT2D eigenvalue weighted by atomic mass is 9.77. The molecule has 1 saturated carbocycles. The molecular formula is C17H23N3O. The Labute approximate surface area is 125 Å². The van der Waals surface area contributed by atoms with Crippen molar-refractivity contribution in [2.45, 2.75) is 38.3 Å². The highest BCUT2D eigenvalue weighted by Gasteiger charge is 2.31. The Kier molecular flexibility index (Phi) is 4.48. The fraction of sp³-hybridized carbons (Fsp3) is 0.471. The lowest BCUT2D eigenvalue weighted by Crippen LogP contribution is -2.36. The SMILES string of the molecule is CCOC1CC(CC(NN)c2cccc3ncccc23)C1. The van der Waals surface area contributed by atoms with Crippen LogP contribution in [0, 0.1) is 5.92 Å². The maximum atomic E-state index is 5.81. The number of aromatic nitrogens is 1. The molecule has 0 bridgehead atoms. The van der Waals surface area contributed by atoms with Crippen molar-refractivity contribution in [3.63, 3.8) is 0 Å². The fourth-order valence-electron chi connectivity index (χ4n) is 3.29. The zero-order valence-corrected chi connectivity index (χ0v) is 12.5. The molecule has 1 aliphatic carbocycles. The fourth-order valence-corrected chi connectivity index (χ4v) is 3.29. The topological polar surface area (TPSA) is 60.2 Å². The molecule has 2 aromatic rings. The van der Waals surface area contributed by atoms with Crippen LogP contribution in [0.1, 0.15) is 37.8 Å². The molecule has 3 N–H and O–H groups in total. The van der Waals surface area contributed by atoms with Crippen LogP contribution in [0.5, 0.6) is 0 Å². The first-order valence-electron chi connectivity index (χ1n) is 7.73. The third-order valence-corrected chi connectivity index (χ3v) is 4.42. The van der Waals surface area contributed by atoms with E-state index >= 15 is 0 Å². The van der Waals surface area contributed by atoms with Gasteiger partial charge in [-0.25, -0.2) is 0 Å². The molecule has 1 aliphatic rings. The van der Waals surface area contributed by atoms with Crippen LogP contribution in [0.15, 0.2) is 36.5 Å². The van der Waals surface area contributed by atoms with Crippen LogP contribution in [0.25, 0.3) is 10.9 Å². The molecule has 0 radical (unpaired) electrons. The van der Waals surface area contributed by atoms with E-state index in [0.29, 0.717) is 12.0 Å². The molecule has 0 saturated heterocycles. The Morgan fingerprint density at radius 2 is 2.19 bits per heavy atom. The number of hydrogen-bond acceptors (Lipinski definition) is 4. The minimum absolute atomic E-state index is 0.172. The molecule has 0 amide bonds. The predicted octanol–water partition coefficient (Wildman–Crippen LogP) is 2.94. The standard InChI is InChI=1S/C17H23N3O/c1-2-21-13-9-12(10-13)11-17(20-18)15-5-3-7-16-14(15)6-4-8-19-16/h3-8,12-13,17,20H,2,9-11,18H2,1H3. The van der Waals surface area contributed by atoms with Gasteiger partial charge in [-0.05, 0) is 49.8 Å². The highest BCUT2D eigenvalue weighted by Crippen LogP contribution is 2.37. The second-order valence-corrected chi connectivity index (χ2v) is 5.79. The van der Waals surface area contributed by atoms with Crippen LogP contribution >= 0.6 is 0 Å². The summed E-state index contributed by atoms with van der Waals surface area (Å²) in [6.45, 7) is 2.87. The summed E-state index contributed by atoms with van der Waals surface area (Å²) >= 11 is 0. The summed E-state index contributed by atoms with van der Waals surface area (Å²) in [6.07, 6.45) is 5.63. The highest BCUT2D eigenvalue weighted by molar-refractivity contribution is 5.82. The average Bonchev–Trinajstić information content (AvgIpc) is 2.49. The van der Waals surface area contributed by atoms with E-state index in [9.17, 15) is 0 Å². The second kappa shape index (κ2) is 6.52. The molecule has 3 rings (SSSR count). The van der Waals surface area contributed by atoms with Gasteiger partial charge in [-0.1, -0.05) is 18.2 Å². The van der Waals surface area contributed by atoms with E-state index in [0.717, 1.165) is 31.4 Å². The predicted molar refractivity (Wildman–Crippen MR) is 84.6 cm³/mol. The van der Waals surface area contributed by atoms with Crippen molar-refractivity contribution in [3.05, 3.63) is 42.1 Å². The van der Waals surface area contributed by atoms with Gasteiger partial charge in [-0.3, -0.25) is 16.3 Å². The number of benzene rings is 1. The van der Waals surface area contributed by atoms with Crippen LogP contribution < -0.4 is 11.3 Å². The summed E-state index contributed by atoms with van der Waals surface area (Å²) in [7, 11) is 0. The average molecular weight is 285 g/mol. The first-order valence-corrected chi connectivity index (χ1v) is 7.73. The number of rotatable bonds is 6. The van der Waals surface area contributed by atoms with E-state index in [-0.39, 0.29) is 6.04 Å². The number of nitrogens with two attached hydrogens (primary N) is 1. The molecule has 0 spiro atoms. The van der Waals surface area contributed by atoms with Crippen LogP contribution in [0.3, 0.4) is 0 Å². The number of ether oxygens (including phenoxy) is 1. The Balaban J connectivity index is 1.74. The van der Waals surface area contributed by atoms with Gasteiger partial charge in [0.1, 0.15) is 0 Å². The quantitative estimate of drug-likeness (QED) is 0.633. The molecule has 4 nitrogen and oxygen atoms in total. The first kappa shape index (κ1) is 14.4. The number of hydrogen-bond donors (Lipinski definition) is 2. The number of pyridine rings is 1. The van der Waals surface area contributed by atoms with Crippen LogP contribution in [0.2, 0.25) is 0 Å². The van der Waals surface area contributed by atoms with Crippen LogP contribution in [0.4, 0.5) is 0 Å². The monoisotopic (exact) mass is 285 g/mol. The summed E-state index contributed by atoms with van der Waals surface area (Å²) in [5.74, 6) is 6.50. The van der Waals surface area contributed by atoms with Crippen molar-refractivity contribution in [1.29, 1.82) is 0 Å². The Morgan fingerprint density at radius 1 is 1.33 bits per heavy atom. The van der Waals surface area contributed by atoms with Crippen LogP contribution in [-0.2, 0) is 4.74 Å². The van der Waals surface area contributed by atoms with Gasteiger partial charge in [0, 0.05) is 24.2 Å². The van der Waals surface area contributed by atoms with E-state index in [4.69, 9.17) is 10.6 Å². The van der Waals surface area contributed by atoms with E-state index in [2.05, 4.69) is 35.5 Å². The summed E-state index contributed by atoms with van der Waals surface area (Å²) in [5, 5.41) is 1.18. The third-order valence-electron chi connectivity index (χ3n) is 4.42. The molecule has 21 heavy (non-hydrogen) atoms. The normalized spacial score (nSPS) is 23.0. The van der Waals surface area contributed by atoms with Gasteiger partial charge in [0.05, 0.1) is 11.6 Å². The highest BCUT2D eigenvalue weighted by atomic mass is 16.5. The lowest BCUT2D eigenvalue weighted by molar-refractivity contribution is -0.0291. The van der Waals surface area contributed by atoms with Gasteiger partial charge in [-0.15, -0.1) is 0 Å². The molecular weight excluding hydrogens is 262 g/mol. The van der Waals surface area contributed by atoms with Crippen molar-refractivity contribution in [3.8, 4) is 0 Å². The van der Waals surface area contributed by atoms with Crippen molar-refractivity contribution >= 4 is 10.9 Å². The summed E-state index contributed by atoms with van der Waals surface area (Å²) in [5.41, 5.74) is 5.25. The number of nitrogens with zero attached hydrogens (tertiary/aromatic N) is 1. The minimum atomic E-state index is 0.172. The zero-order valence-electron chi connectivity index (χ0n) is 12.5. The summed E-state index contributed by atoms with van der Waals surface area (Å²) in [4.78, 5) is 4.42. The smallest absolute Gasteiger partial charge is 0.0705 e. The molecule has 1 aromatic heterocycles. The molecule has 4 heteroatoms. The molecule has 112 valence electrons. The maximum Gasteiger partial charge on any atom is 0.0705 e. The molecule has 1 aromatic carbocycles. The molecule has 1 atom stereocenters. The molecule has 1 heterocycles. The van der Waals surface area contributed by atoms with Crippen LogP contribution in [-0.4, -0.2) is 17.7 Å². The Bertz CT molecular complexity index is 590. The van der Waals surface area contributed by atoms with Gasteiger partial charge in [0.15, 0.2) is 0 Å². The number of hydrazine groups is 1. The van der Waals surface area contributed by atoms with E-state index in [1.807, 2.05) is 18.3 Å². The summed E-state index contributed by atoms with van der Waals surface area (Å²) < 4.78 is 5.64. The van der Waals surface area contributed by atoms with E-state index in [1.165, 1.54) is 10.9 Å². The number of fused-ring (bicyclic) bond motifs is 1. The van der Waals surface area contributed by atoms with Crippen molar-refractivity contribution < 1.29 is 4.74 Å². The number of nitrogens with one attached hydrogen (secondary N) is 1. The molecule has 0 aliphatic heterocycles. The van der Waals surface area contributed by atoms with E-state index in [1.54, 1.807) is 0 Å². The summed E-state index contributed by atoms with van der Waals surface area (Å²) in [6, 6.07) is 10.5. The van der Waals surface area contributed by atoms with E-state index < -0.39 is 0 Å². The zero-order chi connectivity index (χ0) is 14.7. The Hall–Kier alpha value is -1.49. The van der Waals surface area contributed by atoms with Gasteiger partial charge in [-0.2, -0.15) is 0 Å².